The molecule has 0 radical (unpaired) electrons. The number of guanidine groups is 1. The summed E-state index contributed by atoms with van der Waals surface area (Å²) in [6.07, 6.45) is 4.88. The Labute approximate surface area is 113 Å². The molecule has 5 nitrogen and oxygen atoms in total. The van der Waals surface area contributed by atoms with Crippen molar-refractivity contribution in [3.05, 3.63) is 12.3 Å². The van der Waals surface area contributed by atoms with E-state index in [9.17, 15) is 4.79 Å². The summed E-state index contributed by atoms with van der Waals surface area (Å²) < 4.78 is 27.8. The molecule has 1 aliphatic rings. The lowest BCUT2D eigenvalue weighted by atomic mass is 10.1. The van der Waals surface area contributed by atoms with Gasteiger partial charge in [0.1, 0.15) is 5.76 Å². The molecule has 0 aliphatic carbocycles. The first kappa shape index (κ1) is 10.4. The summed E-state index contributed by atoms with van der Waals surface area (Å²) in [5.74, 6) is -0.498. The van der Waals surface area contributed by atoms with Gasteiger partial charge in [0.15, 0.2) is 5.96 Å². The van der Waals surface area contributed by atoms with Gasteiger partial charge in [0.25, 0.3) is 0 Å². The third-order valence-corrected chi connectivity index (χ3v) is 2.72. The fourth-order valence-electron chi connectivity index (χ4n) is 1.70. The Morgan fingerprint density at radius 3 is 2.89 bits per heavy atom. The molecule has 0 bridgehead atoms. The summed E-state index contributed by atoms with van der Waals surface area (Å²) in [6, 6.07) is 0. The highest BCUT2D eigenvalue weighted by Gasteiger charge is 2.11. The molecule has 2 N–H and O–H groups in total. The molecule has 5 heteroatoms. The SMILES string of the molecule is [2H]C([2H])([2H])N1CC(=C)OCCCCCCCC(=O)NC1=N. The molecule has 102 valence electrons. The van der Waals surface area contributed by atoms with Gasteiger partial charge in [0.05, 0.1) is 13.2 Å². The second-order valence-electron chi connectivity index (χ2n) is 4.39. The van der Waals surface area contributed by atoms with Crippen LogP contribution in [-0.4, -0.2) is 36.9 Å². The van der Waals surface area contributed by atoms with E-state index in [0.717, 1.165) is 37.0 Å². The van der Waals surface area contributed by atoms with E-state index < -0.39 is 12.9 Å². The van der Waals surface area contributed by atoms with Crippen LogP contribution in [-0.2, 0) is 9.53 Å². The number of carbonyl (C=O) groups excluding carboxylic acids is 1. The van der Waals surface area contributed by atoms with Crippen molar-refractivity contribution in [1.29, 1.82) is 5.41 Å². The van der Waals surface area contributed by atoms with Gasteiger partial charge in [-0.15, -0.1) is 0 Å². The van der Waals surface area contributed by atoms with Gasteiger partial charge in [-0.25, -0.2) is 0 Å². The highest BCUT2D eigenvalue weighted by molar-refractivity contribution is 5.95. The van der Waals surface area contributed by atoms with Gasteiger partial charge in [-0.2, -0.15) is 0 Å². The molecule has 1 saturated heterocycles. The van der Waals surface area contributed by atoms with Crippen molar-refractivity contribution in [2.75, 3.05) is 20.1 Å². The molecule has 1 amide bonds. The predicted octanol–water partition coefficient (Wildman–Crippen LogP) is 1.85. The standard InChI is InChI=1S/C13H23N3O2/c1-11-10-16(2)13(14)15-12(17)8-6-4-3-5-7-9-18-11/h1,3-10H2,2H3,(H2,14,15,17)/i2D3. The zero-order valence-electron chi connectivity index (χ0n) is 13.6. The van der Waals surface area contributed by atoms with Crippen molar-refractivity contribution in [3.8, 4) is 0 Å². The second kappa shape index (κ2) is 7.74. The summed E-state index contributed by atoms with van der Waals surface area (Å²) in [6.45, 7) is 1.49. The molecule has 0 aromatic carbocycles. The lowest BCUT2D eigenvalue weighted by molar-refractivity contribution is -0.120. The Morgan fingerprint density at radius 2 is 2.11 bits per heavy atom. The van der Waals surface area contributed by atoms with Crippen LogP contribution in [0.2, 0.25) is 0 Å². The maximum atomic E-state index is 11.7. The largest absolute Gasteiger partial charge is 0.497 e. The Morgan fingerprint density at radius 1 is 1.39 bits per heavy atom. The Bertz CT molecular complexity index is 397. The summed E-state index contributed by atoms with van der Waals surface area (Å²) >= 11 is 0. The van der Waals surface area contributed by atoms with Gasteiger partial charge in [-0.1, -0.05) is 25.8 Å². The van der Waals surface area contributed by atoms with Crippen LogP contribution in [0.4, 0.5) is 0 Å². The third-order valence-electron chi connectivity index (χ3n) is 2.72. The normalized spacial score (nSPS) is 24.1. The number of rotatable bonds is 0. The average Bonchev–Trinajstić information content (AvgIpc) is 2.36. The Hall–Kier alpha value is -1.52. The molecule has 18 heavy (non-hydrogen) atoms. The maximum absolute atomic E-state index is 11.7. The van der Waals surface area contributed by atoms with E-state index in [1.165, 1.54) is 0 Å². The second-order valence-corrected chi connectivity index (χ2v) is 4.39. The van der Waals surface area contributed by atoms with E-state index in [1.54, 1.807) is 0 Å². The molecule has 0 aromatic rings. The lowest BCUT2D eigenvalue weighted by Crippen LogP contribution is -2.42. The van der Waals surface area contributed by atoms with Gasteiger partial charge < -0.3 is 9.64 Å². The van der Waals surface area contributed by atoms with Crippen molar-refractivity contribution in [1.82, 2.24) is 10.2 Å². The van der Waals surface area contributed by atoms with Crippen molar-refractivity contribution in [2.45, 2.75) is 38.5 Å². The highest BCUT2D eigenvalue weighted by Crippen LogP contribution is 2.08. The number of nitrogens with zero attached hydrogens (tertiary/aromatic N) is 1. The Kier molecular flexibility index (Phi) is 4.47. The number of nitrogens with one attached hydrogen (secondary N) is 2. The number of hydrogen-bond acceptors (Lipinski definition) is 3. The fourth-order valence-corrected chi connectivity index (χ4v) is 1.70. The number of carbonyl (C=O) groups is 1. The minimum Gasteiger partial charge on any atom is -0.497 e. The molecule has 1 rings (SSSR count). The number of ether oxygens (including phenoxy) is 1. The van der Waals surface area contributed by atoms with Gasteiger partial charge in [-0.3, -0.25) is 15.5 Å². The fraction of sp³-hybridized carbons (Fsp3) is 0.692. The van der Waals surface area contributed by atoms with Crippen molar-refractivity contribution < 1.29 is 13.6 Å². The lowest BCUT2D eigenvalue weighted by Gasteiger charge is -2.21. The first-order valence-electron chi connectivity index (χ1n) is 7.77. The van der Waals surface area contributed by atoms with E-state index in [2.05, 4.69) is 11.9 Å². The average molecular weight is 256 g/mol. The molecular weight excluding hydrogens is 230 g/mol. The van der Waals surface area contributed by atoms with E-state index in [-0.39, 0.29) is 18.2 Å². The third kappa shape index (κ3) is 5.70. The molecule has 1 heterocycles. The number of likely N-dealkylation sites (N-methyl/N-ethyl adjacent to an activating group) is 1. The minimum absolute atomic E-state index is 0.143. The van der Waals surface area contributed by atoms with Gasteiger partial charge in [-0.05, 0) is 12.8 Å². The molecule has 1 aliphatic heterocycles. The van der Waals surface area contributed by atoms with Crippen LogP contribution in [0.1, 0.15) is 42.6 Å². The predicted molar refractivity (Wildman–Crippen MR) is 71.3 cm³/mol. The molecule has 0 atom stereocenters. The molecule has 1 fully saturated rings. The quantitative estimate of drug-likeness (QED) is 0.695. The van der Waals surface area contributed by atoms with E-state index in [1.807, 2.05) is 0 Å². The van der Waals surface area contributed by atoms with Crippen LogP contribution >= 0.6 is 0 Å². The van der Waals surface area contributed by atoms with E-state index in [4.69, 9.17) is 14.3 Å². The van der Waals surface area contributed by atoms with Crippen LogP contribution in [0.3, 0.4) is 0 Å². The summed E-state index contributed by atoms with van der Waals surface area (Å²) in [7, 11) is 0. The van der Waals surface area contributed by atoms with Gasteiger partial charge in [0.2, 0.25) is 5.91 Å². The smallest absolute Gasteiger partial charge is 0.226 e. The monoisotopic (exact) mass is 256 g/mol. The minimum atomic E-state index is -2.53. The molecule has 0 aromatic heterocycles. The van der Waals surface area contributed by atoms with Crippen LogP contribution in [0.5, 0.6) is 0 Å². The van der Waals surface area contributed by atoms with E-state index >= 15 is 0 Å². The molecule has 0 spiro atoms. The van der Waals surface area contributed by atoms with Gasteiger partial charge >= 0.3 is 0 Å². The van der Waals surface area contributed by atoms with Crippen molar-refractivity contribution in [2.24, 2.45) is 0 Å². The first-order valence-corrected chi connectivity index (χ1v) is 6.27. The highest BCUT2D eigenvalue weighted by atomic mass is 16.5. The Balaban J connectivity index is 2.76. The number of hydrogen-bond donors (Lipinski definition) is 2. The first-order chi connectivity index (χ1) is 9.80. The molecular formula is C13H23N3O2. The zero-order valence-corrected chi connectivity index (χ0v) is 10.6. The summed E-state index contributed by atoms with van der Waals surface area (Å²) in [5, 5.41) is 10.1. The van der Waals surface area contributed by atoms with Crippen LogP contribution in [0.25, 0.3) is 0 Å². The molecule has 0 saturated carbocycles. The van der Waals surface area contributed by atoms with Crippen LogP contribution < -0.4 is 5.32 Å². The number of amides is 1. The van der Waals surface area contributed by atoms with E-state index in [0.29, 0.717) is 13.0 Å². The van der Waals surface area contributed by atoms with Crippen molar-refractivity contribution in [3.63, 3.8) is 0 Å². The van der Waals surface area contributed by atoms with Gasteiger partial charge in [0, 0.05) is 17.5 Å². The van der Waals surface area contributed by atoms with Crippen molar-refractivity contribution >= 4 is 11.9 Å². The van der Waals surface area contributed by atoms with Crippen LogP contribution in [0, 0.1) is 5.41 Å². The van der Waals surface area contributed by atoms with Crippen LogP contribution in [0.15, 0.2) is 12.3 Å². The topological polar surface area (TPSA) is 65.4 Å². The summed E-state index contributed by atoms with van der Waals surface area (Å²) in [4.78, 5) is 12.5. The summed E-state index contributed by atoms with van der Waals surface area (Å²) in [5.41, 5.74) is 0. The maximum Gasteiger partial charge on any atom is 0.226 e. The zero-order chi connectivity index (χ0) is 15.9. The molecule has 0 unspecified atom stereocenters.